The molecule has 0 radical (unpaired) electrons. The number of nitrogens with zero attached hydrogens (tertiary/aromatic N) is 3. The van der Waals surface area contributed by atoms with Crippen molar-refractivity contribution in [1.29, 1.82) is 0 Å². The average Bonchev–Trinajstić information content (AvgIpc) is 3.09. The summed E-state index contributed by atoms with van der Waals surface area (Å²) in [5.41, 5.74) is 3.38. The zero-order valence-corrected chi connectivity index (χ0v) is 20.9. The lowest BCUT2D eigenvalue weighted by Gasteiger charge is -2.33. The molecule has 188 valence electrons. The lowest BCUT2D eigenvalue weighted by atomic mass is 10.0. The van der Waals surface area contributed by atoms with Crippen molar-refractivity contribution < 1.29 is 18.8 Å². The summed E-state index contributed by atoms with van der Waals surface area (Å²) in [6, 6.07) is 8.09. The summed E-state index contributed by atoms with van der Waals surface area (Å²) < 4.78 is 15.2. The molecule has 3 aromatic rings. The number of carbonyl (C=O) groups excluding carboxylic acids is 3. The number of anilines is 2. The zero-order chi connectivity index (χ0) is 26.0. The Hall–Kier alpha value is -4.01. The lowest BCUT2D eigenvalue weighted by molar-refractivity contribution is -0.117. The molecule has 2 amide bonds. The van der Waals surface area contributed by atoms with Crippen LogP contribution in [-0.4, -0.2) is 46.3 Å². The fourth-order valence-corrected chi connectivity index (χ4v) is 4.73. The van der Waals surface area contributed by atoms with E-state index in [0.717, 1.165) is 18.8 Å². The first-order valence-corrected chi connectivity index (χ1v) is 11.9. The first kappa shape index (κ1) is 25.1. The van der Waals surface area contributed by atoms with Crippen molar-refractivity contribution in [1.82, 2.24) is 14.9 Å². The van der Waals surface area contributed by atoms with Gasteiger partial charge in [-0.25, -0.2) is 4.39 Å². The number of hydrogen-bond donors (Lipinski definition) is 2. The van der Waals surface area contributed by atoms with Gasteiger partial charge in [-0.3, -0.25) is 19.4 Å². The number of nitrogens with one attached hydrogen (secondary N) is 2. The maximum Gasteiger partial charge on any atom is 0.294 e. The number of aryl methyl sites for hydroxylation is 1. The SMILES string of the molecule is Cc1cc(NC(=O)c2c(C)c(C(=O)C(=O)NC3CCN(c4cccnc4)CC3)n(C)c2C)ccc1F. The van der Waals surface area contributed by atoms with Crippen LogP contribution in [-0.2, 0) is 11.8 Å². The molecule has 4 rings (SSSR count). The van der Waals surface area contributed by atoms with Crippen molar-refractivity contribution in [2.24, 2.45) is 7.05 Å². The summed E-state index contributed by atoms with van der Waals surface area (Å²) in [7, 11) is 1.66. The van der Waals surface area contributed by atoms with Gasteiger partial charge in [0.1, 0.15) is 5.82 Å². The van der Waals surface area contributed by atoms with Crippen LogP contribution in [0.25, 0.3) is 0 Å². The van der Waals surface area contributed by atoms with Gasteiger partial charge in [-0.2, -0.15) is 0 Å². The summed E-state index contributed by atoms with van der Waals surface area (Å²) in [5.74, 6) is -2.14. The van der Waals surface area contributed by atoms with E-state index in [0.29, 0.717) is 40.9 Å². The first-order valence-electron chi connectivity index (χ1n) is 11.9. The Morgan fingerprint density at radius 3 is 2.44 bits per heavy atom. The number of amides is 2. The molecule has 2 N–H and O–H groups in total. The zero-order valence-electron chi connectivity index (χ0n) is 20.9. The highest BCUT2D eigenvalue weighted by Gasteiger charge is 2.30. The molecule has 1 saturated heterocycles. The molecule has 3 heterocycles. The molecular formula is C27H30FN5O3. The maximum absolute atomic E-state index is 13.6. The number of Topliss-reactive ketones (excluding diaryl/α,β-unsaturated/α-hetero) is 1. The fraction of sp³-hybridized carbons (Fsp3) is 0.333. The molecule has 9 heteroatoms. The Balaban J connectivity index is 1.44. The maximum atomic E-state index is 13.6. The summed E-state index contributed by atoms with van der Waals surface area (Å²) >= 11 is 0. The van der Waals surface area contributed by atoms with Gasteiger partial charge in [-0.15, -0.1) is 0 Å². The van der Waals surface area contributed by atoms with E-state index in [9.17, 15) is 18.8 Å². The average molecular weight is 492 g/mol. The van der Waals surface area contributed by atoms with Gasteiger partial charge in [0.2, 0.25) is 0 Å². The van der Waals surface area contributed by atoms with Crippen LogP contribution in [0.4, 0.5) is 15.8 Å². The predicted molar refractivity (Wildman–Crippen MR) is 136 cm³/mol. The minimum absolute atomic E-state index is 0.111. The number of benzene rings is 1. The molecular weight excluding hydrogens is 461 g/mol. The molecule has 0 saturated carbocycles. The Bertz CT molecular complexity index is 1310. The summed E-state index contributed by atoms with van der Waals surface area (Å²) in [6.07, 6.45) is 4.97. The molecule has 0 aliphatic carbocycles. The number of hydrogen-bond acceptors (Lipinski definition) is 5. The van der Waals surface area contributed by atoms with Crippen molar-refractivity contribution in [3.05, 3.63) is 76.6 Å². The second-order valence-electron chi connectivity index (χ2n) is 9.19. The second-order valence-corrected chi connectivity index (χ2v) is 9.19. The van der Waals surface area contributed by atoms with E-state index in [2.05, 4.69) is 20.5 Å². The minimum atomic E-state index is -0.681. The Morgan fingerprint density at radius 2 is 1.81 bits per heavy atom. The third-order valence-electron chi connectivity index (χ3n) is 6.84. The summed E-state index contributed by atoms with van der Waals surface area (Å²) in [4.78, 5) is 45.4. The van der Waals surface area contributed by atoms with Gasteiger partial charge in [-0.05, 0) is 75.1 Å². The van der Waals surface area contributed by atoms with Crippen LogP contribution in [0, 0.1) is 26.6 Å². The summed E-state index contributed by atoms with van der Waals surface area (Å²) in [6.45, 7) is 6.49. The lowest BCUT2D eigenvalue weighted by Crippen LogP contribution is -2.47. The van der Waals surface area contributed by atoms with Gasteiger partial charge in [0.05, 0.1) is 23.1 Å². The van der Waals surface area contributed by atoms with Gasteiger partial charge < -0.3 is 20.1 Å². The third kappa shape index (κ3) is 5.00. The quantitative estimate of drug-likeness (QED) is 0.405. The van der Waals surface area contributed by atoms with Crippen molar-refractivity contribution in [2.45, 2.75) is 39.7 Å². The van der Waals surface area contributed by atoms with Crippen LogP contribution in [0.3, 0.4) is 0 Å². The molecule has 0 bridgehead atoms. The molecule has 1 aromatic carbocycles. The fourth-order valence-electron chi connectivity index (χ4n) is 4.73. The second kappa shape index (κ2) is 10.3. The van der Waals surface area contributed by atoms with Crippen LogP contribution in [0.2, 0.25) is 0 Å². The number of piperidine rings is 1. The molecule has 0 spiro atoms. The van der Waals surface area contributed by atoms with Crippen LogP contribution < -0.4 is 15.5 Å². The van der Waals surface area contributed by atoms with E-state index >= 15 is 0 Å². The van der Waals surface area contributed by atoms with E-state index in [1.807, 2.05) is 18.3 Å². The number of rotatable bonds is 6. The monoisotopic (exact) mass is 491 g/mol. The Morgan fingerprint density at radius 1 is 1.08 bits per heavy atom. The van der Waals surface area contributed by atoms with Crippen molar-refractivity contribution in [3.8, 4) is 0 Å². The molecule has 36 heavy (non-hydrogen) atoms. The normalized spacial score (nSPS) is 14.0. The largest absolute Gasteiger partial charge is 0.370 e. The number of pyridine rings is 1. The van der Waals surface area contributed by atoms with Gasteiger partial charge in [-0.1, -0.05) is 0 Å². The van der Waals surface area contributed by atoms with E-state index < -0.39 is 17.6 Å². The topological polar surface area (TPSA) is 96.3 Å². The molecule has 2 aromatic heterocycles. The molecule has 8 nitrogen and oxygen atoms in total. The third-order valence-corrected chi connectivity index (χ3v) is 6.84. The van der Waals surface area contributed by atoms with Gasteiger partial charge in [0.15, 0.2) is 0 Å². The predicted octanol–water partition coefficient (Wildman–Crippen LogP) is 3.70. The first-order chi connectivity index (χ1) is 17.2. The molecule has 0 atom stereocenters. The van der Waals surface area contributed by atoms with Crippen LogP contribution in [0.1, 0.15) is 50.5 Å². The van der Waals surface area contributed by atoms with E-state index in [4.69, 9.17) is 0 Å². The van der Waals surface area contributed by atoms with Gasteiger partial charge >= 0.3 is 0 Å². The van der Waals surface area contributed by atoms with Gasteiger partial charge in [0.25, 0.3) is 17.6 Å². The standard InChI is InChI=1S/C27H30FN5O3/c1-16-14-20(7-8-22(16)28)31-26(35)23-17(2)24(32(4)18(23)3)25(34)27(36)30-19-9-12-33(13-10-19)21-6-5-11-29-15-21/h5-8,11,14-15,19H,9-10,12-13H2,1-4H3,(H,30,36)(H,31,35). The number of halogens is 1. The van der Waals surface area contributed by atoms with Crippen molar-refractivity contribution >= 4 is 29.0 Å². The van der Waals surface area contributed by atoms with Crippen LogP contribution in [0.5, 0.6) is 0 Å². The van der Waals surface area contributed by atoms with E-state index in [1.54, 1.807) is 44.6 Å². The van der Waals surface area contributed by atoms with Crippen LogP contribution >= 0.6 is 0 Å². The number of carbonyl (C=O) groups is 3. The smallest absolute Gasteiger partial charge is 0.294 e. The number of aromatic nitrogens is 2. The van der Waals surface area contributed by atoms with Crippen molar-refractivity contribution in [2.75, 3.05) is 23.3 Å². The summed E-state index contributed by atoms with van der Waals surface area (Å²) in [5, 5.41) is 5.63. The van der Waals surface area contributed by atoms with E-state index in [-0.39, 0.29) is 17.6 Å². The molecule has 1 fully saturated rings. The van der Waals surface area contributed by atoms with Crippen molar-refractivity contribution in [3.63, 3.8) is 0 Å². The van der Waals surface area contributed by atoms with Gasteiger partial charge in [0, 0.05) is 43.8 Å². The molecule has 0 unspecified atom stereocenters. The Labute approximate surface area is 209 Å². The molecule has 1 aliphatic heterocycles. The van der Waals surface area contributed by atoms with E-state index in [1.165, 1.54) is 12.1 Å². The molecule has 1 aliphatic rings. The minimum Gasteiger partial charge on any atom is -0.370 e. The highest BCUT2D eigenvalue weighted by atomic mass is 19.1. The Kier molecular flexibility index (Phi) is 7.19. The highest BCUT2D eigenvalue weighted by Crippen LogP contribution is 2.24. The highest BCUT2D eigenvalue weighted by molar-refractivity contribution is 6.43. The number of ketones is 1. The van der Waals surface area contributed by atoms with Crippen LogP contribution in [0.15, 0.2) is 42.7 Å².